The Morgan fingerprint density at radius 1 is 0.273 bits per heavy atom. The average molecular weight is 830 g/mol. The van der Waals surface area contributed by atoms with Gasteiger partial charge >= 0.3 is 0 Å². The van der Waals surface area contributed by atoms with Gasteiger partial charge in [-0.05, 0) is 74.4 Å². The van der Waals surface area contributed by atoms with Crippen molar-refractivity contribution in [3.8, 4) is 0 Å². The predicted octanol–water partition coefficient (Wildman–Crippen LogP) is 17.7. The first-order chi connectivity index (χ1) is 27.1. The van der Waals surface area contributed by atoms with E-state index in [-0.39, 0.29) is 0 Å². The lowest BCUT2D eigenvalue weighted by Crippen LogP contribution is -2.37. The number of hydrogen-bond acceptors (Lipinski definition) is 1. The quantitative estimate of drug-likeness (QED) is 0.0449. The molecule has 2 nitrogen and oxygen atoms in total. The fourth-order valence-electron chi connectivity index (χ4n) is 7.56. The molecule has 0 aliphatic heterocycles. The summed E-state index contributed by atoms with van der Waals surface area (Å²) < 4.78 is 3.76. The Balaban J connectivity index is 7.61. The molecule has 0 aromatic rings. The molecule has 0 amide bonds. The summed E-state index contributed by atoms with van der Waals surface area (Å²) in [5.41, 5.74) is 0. The zero-order valence-corrected chi connectivity index (χ0v) is 41.9. The third-order valence-electron chi connectivity index (χ3n) is 11.3. The third-order valence-corrected chi connectivity index (χ3v) is 18.7. The van der Waals surface area contributed by atoms with Crippen LogP contribution >= 0.6 is 32.7 Å². The van der Waals surface area contributed by atoms with E-state index in [4.69, 9.17) is 0 Å². The van der Waals surface area contributed by atoms with Crippen molar-refractivity contribution in [2.45, 2.75) is 261 Å². The van der Waals surface area contributed by atoms with Gasteiger partial charge in [0.05, 0.1) is 8.64 Å². The van der Waals surface area contributed by atoms with Gasteiger partial charge in [-0.2, -0.15) is 21.0 Å². The molecule has 332 valence electrons. The van der Waals surface area contributed by atoms with Crippen molar-refractivity contribution in [1.82, 2.24) is 9.80 Å². The second-order valence-electron chi connectivity index (χ2n) is 16.9. The number of nitrogens with zero attached hydrogens (tertiary/aromatic N) is 2. The van der Waals surface area contributed by atoms with Gasteiger partial charge in [0.2, 0.25) is 0 Å². The summed E-state index contributed by atoms with van der Waals surface area (Å²) in [7, 11) is 0.720. The highest BCUT2D eigenvalue weighted by Crippen LogP contribution is 2.36. The molecule has 5 heteroatoms. The summed E-state index contributed by atoms with van der Waals surface area (Å²) in [4.78, 5) is 6.14. The summed E-state index contributed by atoms with van der Waals surface area (Å²) in [6.45, 7) is 24.3. The van der Waals surface area contributed by atoms with Crippen LogP contribution in [0.3, 0.4) is 0 Å². The van der Waals surface area contributed by atoms with Crippen LogP contribution in [0.15, 0.2) is 0 Å². The van der Waals surface area contributed by atoms with Crippen LogP contribution in [0.4, 0.5) is 0 Å². The minimum Gasteiger partial charge on any atom is -0.264 e. The van der Waals surface area contributed by atoms with Crippen LogP contribution in [0.2, 0.25) is 0 Å². The van der Waals surface area contributed by atoms with Crippen LogP contribution in [0.5, 0.6) is 0 Å². The summed E-state index contributed by atoms with van der Waals surface area (Å²) >= 11 is 2.44. The Bertz CT molecular complexity index is 736. The molecule has 0 saturated carbocycles. The molecule has 0 rings (SSSR count). The maximum Gasteiger partial charge on any atom is 0.0821 e. The second-order valence-corrected chi connectivity index (χ2v) is 22.8. The van der Waals surface area contributed by atoms with E-state index < -0.39 is 0 Å². The van der Waals surface area contributed by atoms with Crippen LogP contribution in [0.25, 0.3) is 0 Å². The molecule has 0 spiro atoms. The highest BCUT2D eigenvalue weighted by molar-refractivity contribution is 8.46. The predicted molar refractivity (Wildman–Crippen MR) is 269 cm³/mol. The minimum absolute atomic E-state index is 0.360. The molecule has 55 heavy (non-hydrogen) atoms. The average Bonchev–Trinajstić information content (AvgIpc) is 3.19. The second kappa shape index (κ2) is 44.3. The number of hydrogen-bond donors (Lipinski definition) is 0. The minimum atomic E-state index is 0.360. The molecule has 0 heterocycles. The van der Waals surface area contributed by atoms with Gasteiger partial charge in [0, 0.05) is 26.2 Å². The molecule has 0 aliphatic carbocycles. The standard InChI is InChI=1S/C50H104N2S3/c1-9-17-25-33-41-51(42-34-26-18-10-2)49(54(45-37-29-21-13-5)46-38-30-22-14-6)53-50(52(43-35-27-19-11-3)44-36-28-20-12-4)55(47-39-31-23-15-7)48-40-32-24-16-8/h9-48H2,1-8H3. The Hall–Kier alpha value is 0.710. The molecule has 0 fully saturated rings. The van der Waals surface area contributed by atoms with E-state index in [1.165, 1.54) is 255 Å². The van der Waals surface area contributed by atoms with Crippen molar-refractivity contribution in [2.75, 3.05) is 49.2 Å². The van der Waals surface area contributed by atoms with Gasteiger partial charge in [-0.25, -0.2) is 0 Å². The number of unbranched alkanes of at least 4 members (excludes halogenated alkanes) is 24. The molecule has 0 N–H and O–H groups in total. The topological polar surface area (TPSA) is 6.48 Å². The van der Waals surface area contributed by atoms with Gasteiger partial charge in [-0.3, -0.25) is 9.80 Å². The van der Waals surface area contributed by atoms with Crippen molar-refractivity contribution in [2.24, 2.45) is 0 Å². The maximum absolute atomic E-state index is 3.07. The van der Waals surface area contributed by atoms with E-state index in [0.717, 1.165) is 0 Å². The van der Waals surface area contributed by atoms with Gasteiger partial charge in [-0.15, -0.1) is 0 Å². The molecular weight excluding hydrogens is 725 g/mol. The Morgan fingerprint density at radius 3 is 0.673 bits per heavy atom. The SMILES string of the molecule is CCCCCCN(CCCCCC)C(SC(N(CCCCCC)CCCCCC)=S(CCCCCC)CCCCCC)=S(CCCCCC)CCCCCC. The zero-order valence-electron chi connectivity index (χ0n) is 39.4. The van der Waals surface area contributed by atoms with Crippen LogP contribution in [-0.2, 0) is 0 Å². The van der Waals surface area contributed by atoms with Crippen molar-refractivity contribution < 1.29 is 0 Å². The Kier molecular flexibility index (Phi) is 44.8. The van der Waals surface area contributed by atoms with Crippen molar-refractivity contribution >= 4 is 41.4 Å². The first kappa shape index (κ1) is 55.7. The lowest BCUT2D eigenvalue weighted by atomic mass is 10.2. The first-order valence-electron chi connectivity index (χ1n) is 25.3. The van der Waals surface area contributed by atoms with Crippen LogP contribution in [-0.4, -0.2) is 67.6 Å². The Labute approximate surface area is 359 Å². The van der Waals surface area contributed by atoms with Gasteiger partial charge in [-0.1, -0.05) is 221 Å². The molecule has 0 saturated heterocycles. The van der Waals surface area contributed by atoms with Crippen LogP contribution in [0, 0.1) is 0 Å². The molecule has 0 atom stereocenters. The van der Waals surface area contributed by atoms with Crippen molar-refractivity contribution in [3.05, 3.63) is 0 Å². The lowest BCUT2D eigenvalue weighted by molar-refractivity contribution is 0.395. The van der Waals surface area contributed by atoms with Gasteiger partial charge in [0.25, 0.3) is 0 Å². The summed E-state index contributed by atoms with van der Waals surface area (Å²) in [5, 5.41) is 0. The fraction of sp³-hybridized carbons (Fsp3) is 0.960. The first-order valence-corrected chi connectivity index (χ1v) is 29.3. The van der Waals surface area contributed by atoms with Gasteiger partial charge < -0.3 is 0 Å². The van der Waals surface area contributed by atoms with Crippen LogP contribution < -0.4 is 0 Å². The summed E-state index contributed by atoms with van der Waals surface area (Å²) in [5.74, 6) is 5.76. The fourth-order valence-corrected chi connectivity index (χ4v) is 15.3. The number of thioether (sulfide) groups is 1. The van der Waals surface area contributed by atoms with Gasteiger partial charge in [0.15, 0.2) is 0 Å². The summed E-state index contributed by atoms with van der Waals surface area (Å²) in [6, 6.07) is 0. The zero-order chi connectivity index (χ0) is 40.5. The lowest BCUT2D eigenvalue weighted by Gasteiger charge is -2.34. The third kappa shape index (κ3) is 32.2. The maximum atomic E-state index is 3.07. The van der Waals surface area contributed by atoms with E-state index in [1.807, 2.05) is 8.64 Å². The van der Waals surface area contributed by atoms with E-state index in [2.05, 4.69) is 77.0 Å². The van der Waals surface area contributed by atoms with Crippen molar-refractivity contribution in [1.29, 1.82) is 0 Å². The molecule has 0 aromatic heterocycles. The largest absolute Gasteiger partial charge is 0.264 e. The van der Waals surface area contributed by atoms with E-state index in [1.54, 1.807) is 0 Å². The van der Waals surface area contributed by atoms with E-state index >= 15 is 0 Å². The Morgan fingerprint density at radius 2 is 0.473 bits per heavy atom. The molecule has 0 bridgehead atoms. The smallest absolute Gasteiger partial charge is 0.0821 e. The number of rotatable bonds is 40. The van der Waals surface area contributed by atoms with Crippen LogP contribution in [0.1, 0.15) is 261 Å². The molecule has 0 aliphatic rings. The summed E-state index contributed by atoms with van der Waals surface area (Å²) in [6.07, 6.45) is 44.5. The normalized spacial score (nSPS) is 12.0. The molecule has 0 aromatic carbocycles. The van der Waals surface area contributed by atoms with Gasteiger partial charge in [0.1, 0.15) is 0 Å². The van der Waals surface area contributed by atoms with E-state index in [9.17, 15) is 0 Å². The molecule has 0 radical (unpaired) electrons. The highest BCUT2D eigenvalue weighted by Gasteiger charge is 2.24. The molecular formula is C50H104N2S3. The molecule has 0 unspecified atom stereocenters. The monoisotopic (exact) mass is 829 g/mol. The van der Waals surface area contributed by atoms with Crippen molar-refractivity contribution in [3.63, 3.8) is 0 Å². The highest BCUT2D eigenvalue weighted by atomic mass is 32.2. The van der Waals surface area contributed by atoms with E-state index in [0.29, 0.717) is 21.0 Å².